The lowest BCUT2D eigenvalue weighted by atomic mass is 10.1. The molecule has 0 spiro atoms. The standard InChI is InChI=1S/C16H22N2/c1-13(8-9-17)11-18-12-14-6-7-15-4-2-3-5-16(15)10-14/h2-7,10,13,18H,8-9,11-12,17H2,1H3. The third-order valence-electron chi connectivity index (χ3n) is 3.30. The molecule has 0 radical (unpaired) electrons. The molecule has 2 aromatic carbocycles. The Hall–Kier alpha value is -1.38. The molecule has 96 valence electrons. The van der Waals surface area contributed by atoms with Crippen LogP contribution in [0.1, 0.15) is 18.9 Å². The fourth-order valence-corrected chi connectivity index (χ4v) is 2.20. The lowest BCUT2D eigenvalue weighted by Crippen LogP contribution is -2.22. The molecule has 0 saturated carbocycles. The number of nitrogens with one attached hydrogen (secondary N) is 1. The smallest absolute Gasteiger partial charge is 0.0205 e. The zero-order valence-corrected chi connectivity index (χ0v) is 11.0. The van der Waals surface area contributed by atoms with Crippen molar-refractivity contribution in [1.29, 1.82) is 0 Å². The maximum Gasteiger partial charge on any atom is 0.0205 e. The molecule has 2 rings (SSSR count). The summed E-state index contributed by atoms with van der Waals surface area (Å²) in [5.74, 6) is 0.649. The molecule has 18 heavy (non-hydrogen) atoms. The van der Waals surface area contributed by atoms with E-state index in [0.717, 1.165) is 26.1 Å². The largest absolute Gasteiger partial charge is 0.330 e. The Morgan fingerprint density at radius 2 is 1.89 bits per heavy atom. The van der Waals surface area contributed by atoms with Crippen molar-refractivity contribution in [2.45, 2.75) is 19.9 Å². The number of hydrogen-bond acceptors (Lipinski definition) is 2. The molecule has 0 aliphatic carbocycles. The number of benzene rings is 2. The third-order valence-corrected chi connectivity index (χ3v) is 3.30. The van der Waals surface area contributed by atoms with Crippen LogP contribution < -0.4 is 11.1 Å². The maximum absolute atomic E-state index is 5.55. The summed E-state index contributed by atoms with van der Waals surface area (Å²) in [6, 6.07) is 15.1. The summed E-state index contributed by atoms with van der Waals surface area (Å²) in [7, 11) is 0. The van der Waals surface area contributed by atoms with E-state index in [4.69, 9.17) is 5.73 Å². The van der Waals surface area contributed by atoms with Crippen LogP contribution in [-0.4, -0.2) is 13.1 Å². The molecular weight excluding hydrogens is 220 g/mol. The number of nitrogens with two attached hydrogens (primary N) is 1. The van der Waals surface area contributed by atoms with Gasteiger partial charge in [0.05, 0.1) is 0 Å². The molecule has 0 aliphatic heterocycles. The van der Waals surface area contributed by atoms with Gasteiger partial charge in [-0.05, 0) is 47.8 Å². The normalized spacial score (nSPS) is 12.8. The Morgan fingerprint density at radius 1 is 1.11 bits per heavy atom. The molecule has 0 heterocycles. The van der Waals surface area contributed by atoms with Crippen LogP contribution in [0.3, 0.4) is 0 Å². The third kappa shape index (κ3) is 3.56. The SMILES string of the molecule is CC(CCN)CNCc1ccc2ccccc2c1. The van der Waals surface area contributed by atoms with Crippen LogP contribution in [0, 0.1) is 5.92 Å². The van der Waals surface area contributed by atoms with Crippen LogP contribution in [0.25, 0.3) is 10.8 Å². The highest BCUT2D eigenvalue weighted by molar-refractivity contribution is 5.82. The molecule has 1 unspecified atom stereocenters. The van der Waals surface area contributed by atoms with Gasteiger partial charge in [0.2, 0.25) is 0 Å². The molecule has 2 aromatic rings. The predicted octanol–water partition coefficient (Wildman–Crippen LogP) is 2.91. The summed E-state index contributed by atoms with van der Waals surface area (Å²) in [6.45, 7) is 4.98. The number of rotatable bonds is 6. The van der Waals surface area contributed by atoms with Crippen molar-refractivity contribution in [3.63, 3.8) is 0 Å². The molecule has 0 saturated heterocycles. The second-order valence-electron chi connectivity index (χ2n) is 4.99. The molecule has 2 heteroatoms. The molecule has 0 amide bonds. The van der Waals surface area contributed by atoms with Gasteiger partial charge in [-0.25, -0.2) is 0 Å². The molecule has 3 N–H and O–H groups in total. The van der Waals surface area contributed by atoms with Crippen molar-refractivity contribution in [1.82, 2.24) is 5.32 Å². The van der Waals surface area contributed by atoms with E-state index in [1.54, 1.807) is 0 Å². The first-order valence-corrected chi connectivity index (χ1v) is 6.68. The molecule has 1 atom stereocenters. The average Bonchev–Trinajstić information content (AvgIpc) is 2.39. The Labute approximate surface area is 109 Å². The highest BCUT2D eigenvalue weighted by Crippen LogP contribution is 2.15. The highest BCUT2D eigenvalue weighted by atomic mass is 14.9. The first-order valence-electron chi connectivity index (χ1n) is 6.68. The topological polar surface area (TPSA) is 38.0 Å². The predicted molar refractivity (Wildman–Crippen MR) is 78.5 cm³/mol. The van der Waals surface area contributed by atoms with Crippen LogP contribution in [0.5, 0.6) is 0 Å². The second-order valence-corrected chi connectivity index (χ2v) is 4.99. The van der Waals surface area contributed by atoms with Gasteiger partial charge in [0.15, 0.2) is 0 Å². The van der Waals surface area contributed by atoms with Gasteiger partial charge in [-0.15, -0.1) is 0 Å². The van der Waals surface area contributed by atoms with Gasteiger partial charge in [0.25, 0.3) is 0 Å². The van der Waals surface area contributed by atoms with Gasteiger partial charge in [-0.3, -0.25) is 0 Å². The van der Waals surface area contributed by atoms with Crippen molar-refractivity contribution < 1.29 is 0 Å². The first-order chi connectivity index (χ1) is 8.79. The molecule has 0 fully saturated rings. The minimum atomic E-state index is 0.649. The lowest BCUT2D eigenvalue weighted by Gasteiger charge is -2.11. The van der Waals surface area contributed by atoms with E-state index in [0.29, 0.717) is 5.92 Å². The molecule has 2 nitrogen and oxygen atoms in total. The Kier molecular flexibility index (Phi) is 4.73. The van der Waals surface area contributed by atoms with Crippen molar-refractivity contribution in [2.75, 3.05) is 13.1 Å². The van der Waals surface area contributed by atoms with Crippen LogP contribution in [0.15, 0.2) is 42.5 Å². The quantitative estimate of drug-likeness (QED) is 0.817. The van der Waals surface area contributed by atoms with Crippen molar-refractivity contribution in [2.24, 2.45) is 11.7 Å². The molecule has 0 bridgehead atoms. The maximum atomic E-state index is 5.55. The number of hydrogen-bond donors (Lipinski definition) is 2. The van der Waals surface area contributed by atoms with Gasteiger partial charge in [0.1, 0.15) is 0 Å². The van der Waals surface area contributed by atoms with Gasteiger partial charge < -0.3 is 11.1 Å². The van der Waals surface area contributed by atoms with Crippen molar-refractivity contribution in [3.05, 3.63) is 48.0 Å². The minimum absolute atomic E-state index is 0.649. The summed E-state index contributed by atoms with van der Waals surface area (Å²) >= 11 is 0. The van der Waals surface area contributed by atoms with E-state index in [-0.39, 0.29) is 0 Å². The fraction of sp³-hybridized carbons (Fsp3) is 0.375. The van der Waals surface area contributed by atoms with Gasteiger partial charge in [0, 0.05) is 6.54 Å². The summed E-state index contributed by atoms with van der Waals surface area (Å²) < 4.78 is 0. The van der Waals surface area contributed by atoms with Gasteiger partial charge in [-0.2, -0.15) is 0 Å². The van der Waals surface area contributed by atoms with E-state index in [9.17, 15) is 0 Å². The van der Waals surface area contributed by atoms with E-state index in [1.165, 1.54) is 16.3 Å². The summed E-state index contributed by atoms with van der Waals surface area (Å²) in [5.41, 5.74) is 6.89. The van der Waals surface area contributed by atoms with Crippen LogP contribution in [0.4, 0.5) is 0 Å². The number of fused-ring (bicyclic) bond motifs is 1. The van der Waals surface area contributed by atoms with Crippen molar-refractivity contribution >= 4 is 10.8 Å². The second kappa shape index (κ2) is 6.53. The highest BCUT2D eigenvalue weighted by Gasteiger charge is 2.00. The van der Waals surface area contributed by atoms with E-state index < -0.39 is 0 Å². The first kappa shape index (κ1) is 13.1. The minimum Gasteiger partial charge on any atom is -0.330 e. The van der Waals surface area contributed by atoms with E-state index in [2.05, 4.69) is 54.7 Å². The van der Waals surface area contributed by atoms with E-state index >= 15 is 0 Å². The van der Waals surface area contributed by atoms with Gasteiger partial charge in [-0.1, -0.05) is 43.3 Å². The zero-order valence-electron chi connectivity index (χ0n) is 11.0. The summed E-state index contributed by atoms with van der Waals surface area (Å²) in [6.07, 6.45) is 1.09. The molecular formula is C16H22N2. The monoisotopic (exact) mass is 242 g/mol. The lowest BCUT2D eigenvalue weighted by molar-refractivity contribution is 0.487. The van der Waals surface area contributed by atoms with Crippen LogP contribution in [-0.2, 0) is 6.54 Å². The fourth-order valence-electron chi connectivity index (χ4n) is 2.20. The van der Waals surface area contributed by atoms with Crippen molar-refractivity contribution in [3.8, 4) is 0 Å². The molecule has 0 aromatic heterocycles. The van der Waals surface area contributed by atoms with Crippen LogP contribution >= 0.6 is 0 Å². The van der Waals surface area contributed by atoms with E-state index in [1.807, 2.05) is 0 Å². The Bertz CT molecular complexity index is 493. The summed E-state index contributed by atoms with van der Waals surface area (Å²) in [5, 5.41) is 6.11. The van der Waals surface area contributed by atoms with Gasteiger partial charge >= 0.3 is 0 Å². The average molecular weight is 242 g/mol. The Balaban J connectivity index is 1.91. The summed E-state index contributed by atoms with van der Waals surface area (Å²) in [4.78, 5) is 0. The molecule has 0 aliphatic rings. The zero-order chi connectivity index (χ0) is 12.8. The van der Waals surface area contributed by atoms with Crippen LogP contribution in [0.2, 0.25) is 0 Å². The Morgan fingerprint density at radius 3 is 2.67 bits per heavy atom.